The van der Waals surface area contributed by atoms with Gasteiger partial charge in [0.2, 0.25) is 0 Å². The number of esters is 3. The lowest BCUT2D eigenvalue weighted by atomic mass is 10.0. The van der Waals surface area contributed by atoms with E-state index in [0.29, 0.717) is 19.3 Å². The maximum absolute atomic E-state index is 12.8. The molecular weight excluding hydrogens is 853 g/mol. The summed E-state index contributed by atoms with van der Waals surface area (Å²) in [4.78, 5) is 38.2. The van der Waals surface area contributed by atoms with Crippen molar-refractivity contribution >= 4 is 17.9 Å². The topological polar surface area (TPSA) is 78.9 Å². The molecule has 0 saturated heterocycles. The number of carbonyl (C=O) groups is 3. The van der Waals surface area contributed by atoms with Gasteiger partial charge in [0.15, 0.2) is 6.10 Å². The highest BCUT2D eigenvalue weighted by Gasteiger charge is 2.19. The molecule has 1 unspecified atom stereocenters. The van der Waals surface area contributed by atoms with E-state index in [1.807, 2.05) is 72.9 Å². The SMILES string of the molecule is CC\C=C/C=C\C=C/C=C\C=C\C=C/C=C\CCCCCC(=O)OCC(COC(=O)CCCCCCCCCCCCCCCCCC)OC(=O)CCCCCCCC/C=C\C/C=C\C/C=C\CC. The van der Waals surface area contributed by atoms with Crippen molar-refractivity contribution in [3.05, 3.63) is 122 Å². The molecule has 0 aromatic heterocycles. The molecule has 0 heterocycles. The third kappa shape index (κ3) is 54.6. The third-order valence-corrected chi connectivity index (χ3v) is 11.7. The highest BCUT2D eigenvalue weighted by Crippen LogP contribution is 2.15. The number of hydrogen-bond acceptors (Lipinski definition) is 6. The summed E-state index contributed by atoms with van der Waals surface area (Å²) in [5.41, 5.74) is 0. The van der Waals surface area contributed by atoms with Crippen molar-refractivity contribution in [1.82, 2.24) is 0 Å². The monoisotopic (exact) mass is 955 g/mol. The Labute approximate surface area is 424 Å². The maximum Gasteiger partial charge on any atom is 0.306 e. The molecule has 6 heteroatoms. The van der Waals surface area contributed by atoms with E-state index in [1.165, 1.54) is 96.3 Å². The van der Waals surface area contributed by atoms with E-state index in [4.69, 9.17) is 14.2 Å². The molecule has 0 N–H and O–H groups in total. The second kappa shape index (κ2) is 56.4. The van der Waals surface area contributed by atoms with Crippen molar-refractivity contribution in [2.75, 3.05) is 13.2 Å². The molecule has 0 saturated carbocycles. The number of carbonyl (C=O) groups excluding carboxylic acids is 3. The molecule has 0 aromatic carbocycles. The molecule has 0 bridgehead atoms. The van der Waals surface area contributed by atoms with Crippen molar-refractivity contribution in [2.24, 2.45) is 0 Å². The van der Waals surface area contributed by atoms with Crippen LogP contribution in [0.25, 0.3) is 0 Å². The highest BCUT2D eigenvalue weighted by atomic mass is 16.6. The predicted molar refractivity (Wildman–Crippen MR) is 297 cm³/mol. The fourth-order valence-electron chi connectivity index (χ4n) is 7.50. The Kier molecular flexibility index (Phi) is 53.0. The Morgan fingerprint density at radius 1 is 0.319 bits per heavy atom. The Morgan fingerprint density at radius 3 is 1.07 bits per heavy atom. The van der Waals surface area contributed by atoms with Crippen molar-refractivity contribution in [1.29, 1.82) is 0 Å². The molecular formula is C63H102O6. The normalized spacial score (nSPS) is 13.0. The smallest absolute Gasteiger partial charge is 0.306 e. The lowest BCUT2D eigenvalue weighted by molar-refractivity contribution is -0.167. The van der Waals surface area contributed by atoms with Gasteiger partial charge in [-0.1, -0.05) is 271 Å². The van der Waals surface area contributed by atoms with E-state index in [2.05, 4.69) is 69.4 Å². The van der Waals surface area contributed by atoms with E-state index in [9.17, 15) is 14.4 Å². The minimum atomic E-state index is -0.807. The van der Waals surface area contributed by atoms with E-state index < -0.39 is 6.10 Å². The van der Waals surface area contributed by atoms with Gasteiger partial charge in [-0.2, -0.15) is 0 Å². The van der Waals surface area contributed by atoms with Gasteiger partial charge in [0, 0.05) is 19.3 Å². The Balaban J connectivity index is 4.52. The van der Waals surface area contributed by atoms with Crippen LogP contribution in [0.15, 0.2) is 122 Å². The Bertz CT molecular complexity index is 1470. The van der Waals surface area contributed by atoms with Crippen molar-refractivity contribution in [3.63, 3.8) is 0 Å². The highest BCUT2D eigenvalue weighted by molar-refractivity contribution is 5.71. The second-order valence-electron chi connectivity index (χ2n) is 18.3. The molecule has 0 rings (SSSR count). The number of hydrogen-bond donors (Lipinski definition) is 0. The first kappa shape index (κ1) is 64.8. The van der Waals surface area contributed by atoms with Crippen LogP contribution in [0.5, 0.6) is 0 Å². The van der Waals surface area contributed by atoms with Gasteiger partial charge in [-0.25, -0.2) is 0 Å². The van der Waals surface area contributed by atoms with Crippen LogP contribution in [0.4, 0.5) is 0 Å². The van der Waals surface area contributed by atoms with E-state index in [1.54, 1.807) is 0 Å². The zero-order valence-electron chi connectivity index (χ0n) is 44.5. The summed E-state index contributed by atoms with van der Waals surface area (Å²) in [6.07, 6.45) is 77.5. The Hall–Kier alpha value is -4.19. The van der Waals surface area contributed by atoms with Crippen LogP contribution in [-0.4, -0.2) is 37.2 Å². The van der Waals surface area contributed by atoms with Crippen LogP contribution < -0.4 is 0 Å². The third-order valence-electron chi connectivity index (χ3n) is 11.7. The van der Waals surface area contributed by atoms with Crippen LogP contribution in [0, 0.1) is 0 Å². The molecule has 0 amide bonds. The Morgan fingerprint density at radius 2 is 0.638 bits per heavy atom. The average molecular weight is 956 g/mol. The minimum absolute atomic E-state index is 0.0996. The van der Waals surface area contributed by atoms with Gasteiger partial charge < -0.3 is 14.2 Å². The first-order valence-corrected chi connectivity index (χ1v) is 28.1. The minimum Gasteiger partial charge on any atom is -0.462 e. The van der Waals surface area contributed by atoms with Crippen LogP contribution in [0.3, 0.4) is 0 Å². The van der Waals surface area contributed by atoms with Gasteiger partial charge >= 0.3 is 17.9 Å². The summed E-state index contributed by atoms with van der Waals surface area (Å²) in [6, 6.07) is 0. The summed E-state index contributed by atoms with van der Waals surface area (Å²) in [5.74, 6) is -0.959. The zero-order valence-corrected chi connectivity index (χ0v) is 44.5. The first-order chi connectivity index (χ1) is 34.0. The van der Waals surface area contributed by atoms with E-state index >= 15 is 0 Å². The first-order valence-electron chi connectivity index (χ1n) is 28.1. The molecule has 390 valence electrons. The van der Waals surface area contributed by atoms with Crippen molar-refractivity contribution in [3.8, 4) is 0 Å². The van der Waals surface area contributed by atoms with Crippen LogP contribution in [-0.2, 0) is 28.6 Å². The van der Waals surface area contributed by atoms with Crippen LogP contribution in [0.2, 0.25) is 0 Å². The summed E-state index contributed by atoms with van der Waals surface area (Å²) in [5, 5.41) is 0. The summed E-state index contributed by atoms with van der Waals surface area (Å²) >= 11 is 0. The summed E-state index contributed by atoms with van der Waals surface area (Å²) in [6.45, 7) is 6.34. The molecule has 1 atom stereocenters. The number of rotatable bonds is 49. The quantitative estimate of drug-likeness (QED) is 0.0199. The second-order valence-corrected chi connectivity index (χ2v) is 18.3. The molecule has 0 aromatic rings. The van der Waals surface area contributed by atoms with Crippen molar-refractivity contribution < 1.29 is 28.6 Å². The lowest BCUT2D eigenvalue weighted by Gasteiger charge is -2.18. The maximum atomic E-state index is 12.8. The summed E-state index contributed by atoms with van der Waals surface area (Å²) in [7, 11) is 0. The molecule has 0 aliphatic carbocycles. The standard InChI is InChI=1S/C63H102O6/c1-4-7-10-13-16-19-22-25-28-31-32-33-36-38-41-44-47-50-53-56-62(65)68-59-60(69-63(66)57-54-51-48-45-42-39-35-30-27-24-21-18-15-12-9-6-3)58-67-61(64)55-52-49-46-43-40-37-34-29-26-23-20-17-14-11-8-5-2/h7,9-10,12-13,16,18-19,21-22,25,27-28,30-33,36,38,41,60H,4-6,8,11,14-15,17,20,23-24,26,29,34-35,37,39-40,42-59H2,1-3H3/b10-7-,12-9-,16-13-,21-18-,22-19-,28-25-,30-27-,32-31+,36-33-,41-38-. The largest absolute Gasteiger partial charge is 0.462 e. The zero-order chi connectivity index (χ0) is 50.0. The van der Waals surface area contributed by atoms with Gasteiger partial charge in [0.1, 0.15) is 13.2 Å². The van der Waals surface area contributed by atoms with Gasteiger partial charge in [0.25, 0.3) is 0 Å². The lowest BCUT2D eigenvalue weighted by Crippen LogP contribution is -2.30. The molecule has 69 heavy (non-hydrogen) atoms. The molecule has 0 fully saturated rings. The van der Waals surface area contributed by atoms with E-state index in [0.717, 1.165) is 103 Å². The van der Waals surface area contributed by atoms with Crippen molar-refractivity contribution in [2.45, 2.75) is 245 Å². The molecule has 6 nitrogen and oxygen atoms in total. The molecule has 0 aliphatic rings. The fraction of sp³-hybridized carbons (Fsp3) is 0.635. The van der Waals surface area contributed by atoms with Crippen LogP contribution in [0.1, 0.15) is 239 Å². The molecule has 0 radical (unpaired) electrons. The van der Waals surface area contributed by atoms with Gasteiger partial charge in [-0.15, -0.1) is 0 Å². The molecule has 0 spiro atoms. The van der Waals surface area contributed by atoms with Gasteiger partial charge in [-0.3, -0.25) is 14.4 Å². The predicted octanol–water partition coefficient (Wildman–Crippen LogP) is 18.9. The van der Waals surface area contributed by atoms with E-state index in [-0.39, 0.29) is 31.1 Å². The number of ether oxygens (including phenoxy) is 3. The summed E-state index contributed by atoms with van der Waals surface area (Å²) < 4.78 is 16.8. The average Bonchev–Trinajstić information content (AvgIpc) is 3.35. The van der Waals surface area contributed by atoms with Gasteiger partial charge in [0.05, 0.1) is 0 Å². The molecule has 0 aliphatic heterocycles. The number of allylic oxidation sites excluding steroid dienone is 20. The fourth-order valence-corrected chi connectivity index (χ4v) is 7.50. The van der Waals surface area contributed by atoms with Crippen LogP contribution >= 0.6 is 0 Å². The number of unbranched alkanes of at least 4 members (excludes halogenated alkanes) is 24. The van der Waals surface area contributed by atoms with Gasteiger partial charge in [-0.05, 0) is 70.6 Å².